The first kappa shape index (κ1) is 20.0. The number of hydrogen-bond donors (Lipinski definition) is 2. The number of fused-ring (bicyclic) bond motifs is 1. The first-order chi connectivity index (χ1) is 12.9. The van der Waals surface area contributed by atoms with E-state index in [-0.39, 0.29) is 5.92 Å². The van der Waals surface area contributed by atoms with Crippen molar-refractivity contribution in [3.8, 4) is 0 Å². The molecule has 0 aromatic heterocycles. The molecule has 4 aliphatic rings. The van der Waals surface area contributed by atoms with Crippen LogP contribution in [0.2, 0.25) is 0 Å². The van der Waals surface area contributed by atoms with Crippen molar-refractivity contribution in [3.63, 3.8) is 0 Å². The number of hydrogen-bond acceptors (Lipinski definition) is 2. The van der Waals surface area contributed by atoms with Gasteiger partial charge in [0, 0.05) is 0 Å². The smallest absolute Gasteiger partial charge is 0.0707 e. The number of allylic oxidation sites excluding steroid dienone is 1. The van der Waals surface area contributed by atoms with Crippen LogP contribution in [0, 0.1) is 29.6 Å². The predicted octanol–water partition coefficient (Wildman–Crippen LogP) is 6.01. The molecule has 0 saturated heterocycles. The van der Waals surface area contributed by atoms with Gasteiger partial charge in [-0.3, -0.25) is 0 Å². The molecular formula is C25H42O2. The van der Waals surface area contributed by atoms with E-state index in [1.54, 1.807) is 0 Å². The zero-order chi connectivity index (χ0) is 19.1. The van der Waals surface area contributed by atoms with Gasteiger partial charge in [0.2, 0.25) is 0 Å². The van der Waals surface area contributed by atoms with Crippen LogP contribution in [0.3, 0.4) is 0 Å². The SMILES string of the molecule is C=C(C1CCCCC1)[C@H]1CC[C@](O)(C2CCCCC2)[C@H]2CC[C@](C)(O)[C@H]2C1. The highest BCUT2D eigenvalue weighted by molar-refractivity contribution is 5.14. The van der Waals surface area contributed by atoms with Gasteiger partial charge in [-0.15, -0.1) is 0 Å². The van der Waals surface area contributed by atoms with E-state index in [0.29, 0.717) is 23.7 Å². The third kappa shape index (κ3) is 3.78. The minimum Gasteiger partial charge on any atom is -0.390 e. The van der Waals surface area contributed by atoms with Crippen LogP contribution in [-0.2, 0) is 0 Å². The quantitative estimate of drug-likeness (QED) is 0.594. The minimum absolute atomic E-state index is 0.247. The molecule has 2 heteroatoms. The average Bonchev–Trinajstić information content (AvgIpc) is 2.90. The Morgan fingerprint density at radius 2 is 1.37 bits per heavy atom. The largest absolute Gasteiger partial charge is 0.390 e. The molecule has 0 spiro atoms. The second-order valence-electron chi connectivity index (χ2n) is 10.8. The van der Waals surface area contributed by atoms with E-state index in [0.717, 1.165) is 32.1 Å². The molecule has 0 radical (unpaired) electrons. The molecule has 0 aromatic carbocycles. The lowest BCUT2D eigenvalue weighted by atomic mass is 9.65. The maximum absolute atomic E-state index is 12.0. The summed E-state index contributed by atoms with van der Waals surface area (Å²) in [6, 6.07) is 0. The van der Waals surface area contributed by atoms with E-state index < -0.39 is 11.2 Å². The van der Waals surface area contributed by atoms with Crippen molar-refractivity contribution in [2.45, 2.75) is 114 Å². The summed E-state index contributed by atoms with van der Waals surface area (Å²) < 4.78 is 0. The Bertz CT molecular complexity index is 526. The van der Waals surface area contributed by atoms with Crippen molar-refractivity contribution >= 4 is 0 Å². The maximum atomic E-state index is 12.0. The zero-order valence-electron chi connectivity index (χ0n) is 17.6. The van der Waals surface area contributed by atoms with Crippen molar-refractivity contribution < 1.29 is 10.2 Å². The summed E-state index contributed by atoms with van der Waals surface area (Å²) >= 11 is 0. The van der Waals surface area contributed by atoms with Gasteiger partial charge in [-0.1, -0.05) is 50.7 Å². The van der Waals surface area contributed by atoms with Gasteiger partial charge in [0.25, 0.3) is 0 Å². The maximum Gasteiger partial charge on any atom is 0.0707 e. The molecule has 4 saturated carbocycles. The molecule has 27 heavy (non-hydrogen) atoms. The standard InChI is InChI=1S/C25H42O2/c1-18(19-9-5-3-6-10-19)20-13-16-25(27,21-11-7-4-8-12-21)22-14-15-24(2,26)23(22)17-20/h19-23,26-27H,1,3-17H2,2H3/t20-,22-,23-,24-,25-/m0/s1. The molecule has 154 valence electrons. The van der Waals surface area contributed by atoms with E-state index >= 15 is 0 Å². The molecular weight excluding hydrogens is 332 g/mol. The molecule has 2 N–H and O–H groups in total. The van der Waals surface area contributed by atoms with Gasteiger partial charge in [-0.25, -0.2) is 0 Å². The predicted molar refractivity (Wildman–Crippen MR) is 111 cm³/mol. The van der Waals surface area contributed by atoms with Gasteiger partial charge in [-0.2, -0.15) is 0 Å². The van der Waals surface area contributed by atoms with Crippen LogP contribution < -0.4 is 0 Å². The van der Waals surface area contributed by atoms with Crippen molar-refractivity contribution in [1.29, 1.82) is 0 Å². The topological polar surface area (TPSA) is 40.5 Å². The van der Waals surface area contributed by atoms with Crippen LogP contribution in [0.15, 0.2) is 12.2 Å². The molecule has 4 aliphatic carbocycles. The van der Waals surface area contributed by atoms with Crippen molar-refractivity contribution in [2.75, 3.05) is 0 Å². The molecule has 0 aliphatic heterocycles. The molecule has 4 fully saturated rings. The zero-order valence-corrected chi connectivity index (χ0v) is 17.6. The third-order valence-electron chi connectivity index (χ3n) is 9.29. The lowest BCUT2D eigenvalue weighted by molar-refractivity contribution is -0.109. The van der Waals surface area contributed by atoms with Crippen molar-refractivity contribution in [3.05, 3.63) is 12.2 Å². The van der Waals surface area contributed by atoms with Crippen molar-refractivity contribution in [1.82, 2.24) is 0 Å². The minimum atomic E-state index is -0.608. The Morgan fingerprint density at radius 1 is 0.741 bits per heavy atom. The number of rotatable bonds is 3. The van der Waals surface area contributed by atoms with Crippen LogP contribution in [0.25, 0.3) is 0 Å². The van der Waals surface area contributed by atoms with Gasteiger partial charge < -0.3 is 10.2 Å². The fraction of sp³-hybridized carbons (Fsp3) is 0.920. The van der Waals surface area contributed by atoms with Crippen molar-refractivity contribution in [2.24, 2.45) is 29.6 Å². The molecule has 0 amide bonds. The Hall–Kier alpha value is -0.340. The highest BCUT2D eigenvalue weighted by Gasteiger charge is 2.57. The molecule has 5 atom stereocenters. The lowest BCUT2D eigenvalue weighted by Gasteiger charge is -2.45. The van der Waals surface area contributed by atoms with E-state index in [1.165, 1.54) is 69.8 Å². The van der Waals surface area contributed by atoms with Gasteiger partial charge in [0.15, 0.2) is 0 Å². The first-order valence-electron chi connectivity index (χ1n) is 12.1. The summed E-state index contributed by atoms with van der Waals surface area (Å²) in [5, 5.41) is 23.3. The summed E-state index contributed by atoms with van der Waals surface area (Å²) in [6.45, 7) is 6.65. The molecule has 0 aromatic rings. The Kier molecular flexibility index (Phi) is 5.78. The molecule has 2 nitrogen and oxygen atoms in total. The van der Waals surface area contributed by atoms with Gasteiger partial charge in [0.05, 0.1) is 11.2 Å². The number of aliphatic hydroxyl groups is 2. The fourth-order valence-corrected chi connectivity index (χ4v) is 7.55. The average molecular weight is 375 g/mol. The molecule has 0 heterocycles. The van der Waals surface area contributed by atoms with Gasteiger partial charge >= 0.3 is 0 Å². The van der Waals surface area contributed by atoms with Crippen LogP contribution in [0.4, 0.5) is 0 Å². The first-order valence-corrected chi connectivity index (χ1v) is 12.1. The second-order valence-corrected chi connectivity index (χ2v) is 10.8. The summed E-state index contributed by atoms with van der Waals surface area (Å²) in [4.78, 5) is 0. The van der Waals surface area contributed by atoms with E-state index in [2.05, 4.69) is 6.58 Å². The lowest BCUT2D eigenvalue weighted by Crippen LogP contribution is -2.48. The van der Waals surface area contributed by atoms with Crippen LogP contribution in [0.1, 0.15) is 103 Å². The van der Waals surface area contributed by atoms with E-state index in [4.69, 9.17) is 0 Å². The second kappa shape index (κ2) is 7.82. The Labute approximate surface area is 166 Å². The third-order valence-corrected chi connectivity index (χ3v) is 9.29. The summed E-state index contributed by atoms with van der Waals surface area (Å²) in [5.41, 5.74) is 0.305. The summed E-state index contributed by atoms with van der Waals surface area (Å²) in [6.07, 6.45) is 17.9. The monoisotopic (exact) mass is 374 g/mol. The van der Waals surface area contributed by atoms with E-state index in [1.807, 2.05) is 6.92 Å². The van der Waals surface area contributed by atoms with Crippen LogP contribution in [0.5, 0.6) is 0 Å². The van der Waals surface area contributed by atoms with Gasteiger partial charge in [-0.05, 0) is 94.3 Å². The molecule has 4 rings (SSSR count). The highest BCUT2D eigenvalue weighted by atomic mass is 16.3. The molecule has 0 unspecified atom stereocenters. The highest BCUT2D eigenvalue weighted by Crippen LogP contribution is 2.57. The fourth-order valence-electron chi connectivity index (χ4n) is 7.55. The summed E-state index contributed by atoms with van der Waals surface area (Å²) in [7, 11) is 0. The Balaban J connectivity index is 1.57. The van der Waals surface area contributed by atoms with Crippen LogP contribution >= 0.6 is 0 Å². The van der Waals surface area contributed by atoms with E-state index in [9.17, 15) is 10.2 Å². The molecule has 0 bridgehead atoms. The summed E-state index contributed by atoms with van der Waals surface area (Å²) in [5.74, 6) is 2.18. The van der Waals surface area contributed by atoms with Crippen LogP contribution in [-0.4, -0.2) is 21.4 Å². The van der Waals surface area contributed by atoms with Gasteiger partial charge in [0.1, 0.15) is 0 Å². The normalized spacial score (nSPS) is 44.6. The Morgan fingerprint density at radius 3 is 2.04 bits per heavy atom.